The summed E-state index contributed by atoms with van der Waals surface area (Å²) < 4.78 is 4.79. The number of hydrogen-bond donors (Lipinski definition) is 0. The molecule has 1 aromatic carbocycles. The second-order valence-corrected chi connectivity index (χ2v) is 6.00. The van der Waals surface area contributed by atoms with Gasteiger partial charge in [-0.25, -0.2) is 4.79 Å². The monoisotopic (exact) mass is 332 g/mol. The fourth-order valence-corrected chi connectivity index (χ4v) is 3.38. The number of nitro groups is 1. The van der Waals surface area contributed by atoms with Gasteiger partial charge in [-0.2, -0.15) is 0 Å². The van der Waals surface area contributed by atoms with Crippen molar-refractivity contribution < 1.29 is 19.2 Å². The Labute approximate surface area is 135 Å². The average molecular weight is 332 g/mol. The molecule has 0 radical (unpaired) electrons. The summed E-state index contributed by atoms with van der Waals surface area (Å²) in [6.07, 6.45) is 0.363. The molecule has 7 nitrogen and oxygen atoms in total. The lowest BCUT2D eigenvalue weighted by atomic mass is 10.1. The smallest absolute Gasteiger partial charge is 0.329 e. The van der Waals surface area contributed by atoms with E-state index < -0.39 is 22.8 Å². The van der Waals surface area contributed by atoms with E-state index in [0.29, 0.717) is 12.1 Å². The number of rotatable bonds is 3. The summed E-state index contributed by atoms with van der Waals surface area (Å²) in [4.78, 5) is 36.6. The van der Waals surface area contributed by atoms with Gasteiger partial charge in [0.25, 0.3) is 5.91 Å². The molecule has 0 saturated heterocycles. The highest BCUT2D eigenvalue weighted by molar-refractivity contribution is 7.17. The average Bonchev–Trinajstić information content (AvgIpc) is 3.18. The summed E-state index contributed by atoms with van der Waals surface area (Å²) in [7, 11) is 1.27. The van der Waals surface area contributed by atoms with E-state index in [0.717, 1.165) is 16.9 Å². The topological polar surface area (TPSA) is 89.8 Å². The SMILES string of the molecule is COC(=O)[C@H]1Cc2ccccc2N1C(=O)c1ccc([N+](=O)[O-])s1. The van der Waals surface area contributed by atoms with Crippen LogP contribution >= 0.6 is 11.3 Å². The molecule has 0 bridgehead atoms. The van der Waals surface area contributed by atoms with Gasteiger partial charge in [0, 0.05) is 18.2 Å². The molecule has 3 rings (SSSR count). The molecule has 2 aromatic rings. The summed E-state index contributed by atoms with van der Waals surface area (Å²) in [6, 6.07) is 9.12. The molecule has 118 valence electrons. The number of esters is 1. The first-order chi connectivity index (χ1) is 11.0. The quantitative estimate of drug-likeness (QED) is 0.489. The molecule has 0 saturated carbocycles. The number of carbonyl (C=O) groups excluding carboxylic acids is 2. The number of nitrogens with zero attached hydrogens (tertiary/aromatic N) is 2. The first-order valence-electron chi connectivity index (χ1n) is 6.76. The van der Waals surface area contributed by atoms with Gasteiger partial charge in [0.05, 0.1) is 16.9 Å². The molecule has 1 aromatic heterocycles. The van der Waals surface area contributed by atoms with Crippen LogP contribution in [0.25, 0.3) is 0 Å². The Morgan fingerprint density at radius 1 is 1.30 bits per heavy atom. The Morgan fingerprint density at radius 2 is 2.04 bits per heavy atom. The van der Waals surface area contributed by atoms with E-state index in [-0.39, 0.29) is 9.88 Å². The highest BCUT2D eigenvalue weighted by Gasteiger charge is 2.40. The fraction of sp³-hybridized carbons (Fsp3) is 0.200. The van der Waals surface area contributed by atoms with E-state index in [1.807, 2.05) is 12.1 Å². The van der Waals surface area contributed by atoms with Crippen LogP contribution in [-0.4, -0.2) is 30.0 Å². The summed E-state index contributed by atoms with van der Waals surface area (Å²) >= 11 is 0.790. The van der Waals surface area contributed by atoms with Crippen LogP contribution in [0.1, 0.15) is 15.2 Å². The van der Waals surface area contributed by atoms with Crippen LogP contribution in [-0.2, 0) is 16.0 Å². The Balaban J connectivity index is 2.00. The van der Waals surface area contributed by atoms with Gasteiger partial charge in [0.2, 0.25) is 0 Å². The van der Waals surface area contributed by atoms with Crippen molar-refractivity contribution >= 4 is 33.9 Å². The number of thiophene rings is 1. The molecule has 1 aliphatic heterocycles. The molecule has 23 heavy (non-hydrogen) atoms. The van der Waals surface area contributed by atoms with Gasteiger partial charge in [-0.05, 0) is 17.7 Å². The minimum atomic E-state index is -0.758. The van der Waals surface area contributed by atoms with Crippen LogP contribution < -0.4 is 4.90 Å². The number of para-hydroxylation sites is 1. The molecule has 0 unspecified atom stereocenters. The molecular formula is C15H12N2O5S. The number of amides is 1. The van der Waals surface area contributed by atoms with Crippen molar-refractivity contribution in [3.8, 4) is 0 Å². The number of ether oxygens (including phenoxy) is 1. The third-order valence-corrected chi connectivity index (χ3v) is 4.68. The van der Waals surface area contributed by atoms with E-state index in [1.165, 1.54) is 24.1 Å². The molecule has 1 atom stereocenters. The number of hydrogen-bond acceptors (Lipinski definition) is 6. The fourth-order valence-electron chi connectivity index (χ4n) is 2.62. The minimum absolute atomic E-state index is 0.115. The van der Waals surface area contributed by atoms with E-state index in [1.54, 1.807) is 12.1 Å². The Hall–Kier alpha value is -2.74. The van der Waals surface area contributed by atoms with Crippen LogP contribution in [0.15, 0.2) is 36.4 Å². The van der Waals surface area contributed by atoms with Gasteiger partial charge in [0.1, 0.15) is 6.04 Å². The van der Waals surface area contributed by atoms with E-state index in [9.17, 15) is 19.7 Å². The number of carbonyl (C=O) groups is 2. The van der Waals surface area contributed by atoms with Crippen molar-refractivity contribution in [2.45, 2.75) is 12.5 Å². The maximum Gasteiger partial charge on any atom is 0.329 e. The molecule has 0 spiro atoms. The number of anilines is 1. The van der Waals surface area contributed by atoms with Crippen LogP contribution in [0.4, 0.5) is 10.7 Å². The number of fused-ring (bicyclic) bond motifs is 1. The molecular weight excluding hydrogens is 320 g/mol. The van der Waals surface area contributed by atoms with Gasteiger partial charge in [0.15, 0.2) is 0 Å². The third-order valence-electron chi connectivity index (χ3n) is 3.65. The van der Waals surface area contributed by atoms with Crippen molar-refractivity contribution in [1.29, 1.82) is 0 Å². The lowest BCUT2D eigenvalue weighted by Gasteiger charge is -2.23. The highest BCUT2D eigenvalue weighted by atomic mass is 32.1. The summed E-state index contributed by atoms with van der Waals surface area (Å²) in [5, 5.41) is 10.7. The first kappa shape index (κ1) is 15.2. The Kier molecular flexibility index (Phi) is 3.83. The number of methoxy groups -OCH3 is 1. The third kappa shape index (κ3) is 2.57. The lowest BCUT2D eigenvalue weighted by molar-refractivity contribution is -0.380. The second-order valence-electron chi connectivity index (χ2n) is 4.94. The molecule has 8 heteroatoms. The molecule has 2 heterocycles. The predicted octanol–water partition coefficient (Wildman–Crippen LogP) is 2.40. The largest absolute Gasteiger partial charge is 0.467 e. The summed E-state index contributed by atoms with van der Waals surface area (Å²) in [5.74, 6) is -0.955. The van der Waals surface area contributed by atoms with E-state index in [4.69, 9.17) is 4.74 Å². The van der Waals surface area contributed by atoms with E-state index >= 15 is 0 Å². The predicted molar refractivity (Wildman–Crippen MR) is 83.7 cm³/mol. The van der Waals surface area contributed by atoms with Gasteiger partial charge < -0.3 is 4.74 Å². The maximum absolute atomic E-state index is 12.8. The van der Waals surface area contributed by atoms with Crippen LogP contribution in [0.3, 0.4) is 0 Å². The van der Waals surface area contributed by atoms with Gasteiger partial charge in [-0.3, -0.25) is 19.8 Å². The van der Waals surface area contributed by atoms with Crippen molar-refractivity contribution in [2.75, 3.05) is 12.0 Å². The Morgan fingerprint density at radius 3 is 2.70 bits per heavy atom. The summed E-state index contributed by atoms with van der Waals surface area (Å²) in [6.45, 7) is 0. The van der Waals surface area contributed by atoms with Crippen molar-refractivity contribution in [3.63, 3.8) is 0 Å². The maximum atomic E-state index is 12.8. The molecule has 0 N–H and O–H groups in total. The van der Waals surface area contributed by atoms with E-state index in [2.05, 4.69) is 0 Å². The van der Waals surface area contributed by atoms with Gasteiger partial charge in [-0.1, -0.05) is 29.5 Å². The van der Waals surface area contributed by atoms with Crippen molar-refractivity contribution in [2.24, 2.45) is 0 Å². The zero-order valence-corrected chi connectivity index (χ0v) is 12.9. The normalized spacial score (nSPS) is 16.0. The minimum Gasteiger partial charge on any atom is -0.467 e. The Bertz CT molecular complexity index is 801. The second kappa shape index (κ2) is 5.81. The molecule has 0 fully saturated rings. The molecule has 0 aliphatic carbocycles. The lowest BCUT2D eigenvalue weighted by Crippen LogP contribution is -2.43. The van der Waals surface area contributed by atoms with Crippen molar-refractivity contribution in [3.05, 3.63) is 57.0 Å². The van der Waals surface area contributed by atoms with Crippen molar-refractivity contribution in [1.82, 2.24) is 0 Å². The van der Waals surface area contributed by atoms with Gasteiger partial charge in [-0.15, -0.1) is 0 Å². The first-order valence-corrected chi connectivity index (χ1v) is 7.58. The number of benzene rings is 1. The summed E-state index contributed by atoms with van der Waals surface area (Å²) in [5.41, 5.74) is 1.49. The molecule has 1 aliphatic rings. The zero-order valence-electron chi connectivity index (χ0n) is 12.1. The highest BCUT2D eigenvalue weighted by Crippen LogP contribution is 2.35. The standard InChI is InChI=1S/C15H12N2O5S/c1-22-15(19)11-8-9-4-2-3-5-10(9)16(11)14(18)12-6-7-13(23-12)17(20)21/h2-7,11H,8H2,1H3/t11-/m1/s1. The molecule has 1 amide bonds. The van der Waals surface area contributed by atoms with Crippen LogP contribution in [0.2, 0.25) is 0 Å². The van der Waals surface area contributed by atoms with Crippen LogP contribution in [0, 0.1) is 10.1 Å². The van der Waals surface area contributed by atoms with Gasteiger partial charge >= 0.3 is 11.0 Å². The van der Waals surface area contributed by atoms with Crippen LogP contribution in [0.5, 0.6) is 0 Å². The zero-order chi connectivity index (χ0) is 16.6.